The third-order valence-electron chi connectivity index (χ3n) is 5.40. The Morgan fingerprint density at radius 2 is 1.83 bits per heavy atom. The molecule has 6 heteroatoms. The molecule has 1 fully saturated rings. The zero-order valence-electron chi connectivity index (χ0n) is 16.7. The second kappa shape index (κ2) is 9.48. The first-order valence-corrected chi connectivity index (χ1v) is 10.3. The molecule has 0 radical (unpaired) electrons. The van der Waals surface area contributed by atoms with E-state index < -0.39 is 5.82 Å². The van der Waals surface area contributed by atoms with E-state index >= 15 is 0 Å². The highest BCUT2D eigenvalue weighted by Crippen LogP contribution is 2.33. The number of halogens is 1. The van der Waals surface area contributed by atoms with Gasteiger partial charge in [-0.1, -0.05) is 37.5 Å². The van der Waals surface area contributed by atoms with Gasteiger partial charge in [0.15, 0.2) is 0 Å². The van der Waals surface area contributed by atoms with Gasteiger partial charge in [-0.2, -0.15) is 0 Å². The lowest BCUT2D eigenvalue weighted by atomic mass is 9.89. The van der Waals surface area contributed by atoms with Crippen molar-refractivity contribution in [2.24, 2.45) is 5.92 Å². The lowest BCUT2D eigenvalue weighted by Gasteiger charge is -2.20. The molecule has 1 aliphatic rings. The molecule has 1 aromatic carbocycles. The largest absolute Gasteiger partial charge is 0.488 e. The van der Waals surface area contributed by atoms with Crippen LogP contribution in [0.25, 0.3) is 11.1 Å². The van der Waals surface area contributed by atoms with E-state index in [9.17, 15) is 9.18 Å². The molecule has 1 saturated carbocycles. The Morgan fingerprint density at radius 1 is 1.07 bits per heavy atom. The molecule has 5 nitrogen and oxygen atoms in total. The summed E-state index contributed by atoms with van der Waals surface area (Å²) in [6.45, 7) is 0.345. The summed E-state index contributed by atoms with van der Waals surface area (Å²) in [6.07, 6.45) is 9.66. The van der Waals surface area contributed by atoms with E-state index in [1.54, 1.807) is 30.6 Å². The molecule has 0 aliphatic heterocycles. The summed E-state index contributed by atoms with van der Waals surface area (Å²) in [7, 11) is 0. The van der Waals surface area contributed by atoms with Crippen LogP contribution in [-0.2, 0) is 11.4 Å². The van der Waals surface area contributed by atoms with Crippen molar-refractivity contribution in [2.75, 3.05) is 5.32 Å². The number of nitrogens with one attached hydrogen (secondary N) is 1. The number of pyridine rings is 2. The fourth-order valence-corrected chi connectivity index (χ4v) is 3.76. The maximum Gasteiger partial charge on any atom is 0.228 e. The molecule has 2 heterocycles. The predicted molar refractivity (Wildman–Crippen MR) is 113 cm³/mol. The fourth-order valence-electron chi connectivity index (χ4n) is 3.76. The van der Waals surface area contributed by atoms with Crippen LogP contribution in [0.15, 0.2) is 61.1 Å². The van der Waals surface area contributed by atoms with E-state index in [1.165, 1.54) is 6.42 Å². The van der Waals surface area contributed by atoms with Gasteiger partial charge in [0.05, 0.1) is 6.20 Å². The Morgan fingerprint density at radius 3 is 2.63 bits per heavy atom. The van der Waals surface area contributed by atoms with Gasteiger partial charge in [-0.15, -0.1) is 0 Å². The topological polar surface area (TPSA) is 64.1 Å². The Balaban J connectivity index is 1.55. The number of carbonyl (C=O) groups excluding carboxylic acids is 1. The second-order valence-corrected chi connectivity index (χ2v) is 7.51. The number of para-hydroxylation sites is 1. The van der Waals surface area contributed by atoms with Gasteiger partial charge < -0.3 is 10.1 Å². The maximum absolute atomic E-state index is 14.7. The normalized spacial score (nSPS) is 14.3. The van der Waals surface area contributed by atoms with Crippen LogP contribution in [0.2, 0.25) is 0 Å². The minimum absolute atomic E-state index is 0.00466. The molecule has 0 saturated heterocycles. The fraction of sp³-hybridized carbons (Fsp3) is 0.292. The summed E-state index contributed by atoms with van der Waals surface area (Å²) in [4.78, 5) is 20.6. The molecule has 0 bridgehead atoms. The monoisotopic (exact) mass is 405 g/mol. The van der Waals surface area contributed by atoms with E-state index in [1.807, 2.05) is 24.3 Å². The Hall–Kier alpha value is -3.28. The first-order valence-electron chi connectivity index (χ1n) is 10.3. The highest BCUT2D eigenvalue weighted by Gasteiger charge is 2.22. The first kappa shape index (κ1) is 20.0. The predicted octanol–water partition coefficient (Wildman–Crippen LogP) is 5.38. The van der Waals surface area contributed by atoms with Gasteiger partial charge in [-0.05, 0) is 42.7 Å². The van der Waals surface area contributed by atoms with Crippen molar-refractivity contribution in [1.82, 2.24) is 9.97 Å². The standard InChI is InChI=1S/C24H24FN3O2/c25-21-15-27-23(28-24(29)18-6-2-1-3-7-18)14-20(21)19-8-4-5-9-22(19)30-16-17-10-12-26-13-11-17/h4-5,8-15,18H,1-3,6-7,16H2,(H,27,28,29). The van der Waals surface area contributed by atoms with Crippen LogP contribution in [0.3, 0.4) is 0 Å². The minimum Gasteiger partial charge on any atom is -0.488 e. The van der Waals surface area contributed by atoms with Crippen LogP contribution in [0.5, 0.6) is 5.75 Å². The summed E-state index contributed by atoms with van der Waals surface area (Å²) in [5.74, 6) is 0.410. The first-order chi connectivity index (χ1) is 14.7. The smallest absolute Gasteiger partial charge is 0.228 e. The van der Waals surface area contributed by atoms with Gasteiger partial charge in [-0.3, -0.25) is 9.78 Å². The van der Waals surface area contributed by atoms with Crippen molar-refractivity contribution < 1.29 is 13.9 Å². The molecular weight excluding hydrogens is 381 g/mol. The number of anilines is 1. The van der Waals surface area contributed by atoms with Crippen LogP contribution in [-0.4, -0.2) is 15.9 Å². The molecule has 0 unspecified atom stereocenters. The number of rotatable bonds is 6. The van der Waals surface area contributed by atoms with Crippen LogP contribution in [0, 0.1) is 11.7 Å². The summed E-state index contributed by atoms with van der Waals surface area (Å²) in [5.41, 5.74) is 1.92. The number of benzene rings is 1. The van der Waals surface area contributed by atoms with Gasteiger partial charge in [0.1, 0.15) is 24.0 Å². The molecule has 1 N–H and O–H groups in total. The lowest BCUT2D eigenvalue weighted by Crippen LogP contribution is -2.25. The molecule has 4 rings (SSSR count). The molecule has 30 heavy (non-hydrogen) atoms. The third kappa shape index (κ3) is 4.82. The molecule has 1 amide bonds. The van der Waals surface area contributed by atoms with Crippen molar-refractivity contribution in [1.29, 1.82) is 0 Å². The third-order valence-corrected chi connectivity index (χ3v) is 5.40. The molecular formula is C24H24FN3O2. The number of hydrogen-bond donors (Lipinski definition) is 1. The van der Waals surface area contributed by atoms with Crippen LogP contribution >= 0.6 is 0 Å². The van der Waals surface area contributed by atoms with E-state index in [0.717, 1.165) is 37.4 Å². The van der Waals surface area contributed by atoms with Gasteiger partial charge in [0, 0.05) is 29.4 Å². The zero-order valence-corrected chi connectivity index (χ0v) is 16.7. The number of carbonyl (C=O) groups is 1. The van der Waals surface area contributed by atoms with E-state index in [4.69, 9.17) is 4.74 Å². The highest BCUT2D eigenvalue weighted by atomic mass is 19.1. The van der Waals surface area contributed by atoms with Crippen LogP contribution in [0.1, 0.15) is 37.7 Å². The maximum atomic E-state index is 14.7. The van der Waals surface area contributed by atoms with E-state index in [2.05, 4.69) is 15.3 Å². The van der Waals surface area contributed by atoms with E-state index in [-0.39, 0.29) is 11.8 Å². The molecule has 3 aromatic rings. The zero-order chi connectivity index (χ0) is 20.8. The number of ether oxygens (including phenoxy) is 1. The number of amides is 1. The summed E-state index contributed by atoms with van der Waals surface area (Å²) in [6, 6.07) is 12.6. The number of hydrogen-bond acceptors (Lipinski definition) is 4. The summed E-state index contributed by atoms with van der Waals surface area (Å²) in [5, 5.41) is 2.86. The molecule has 2 aromatic heterocycles. The second-order valence-electron chi connectivity index (χ2n) is 7.51. The number of aromatic nitrogens is 2. The van der Waals surface area contributed by atoms with Gasteiger partial charge >= 0.3 is 0 Å². The van der Waals surface area contributed by atoms with Crippen molar-refractivity contribution in [2.45, 2.75) is 38.7 Å². The molecule has 1 aliphatic carbocycles. The van der Waals surface area contributed by atoms with Gasteiger partial charge in [0.25, 0.3) is 0 Å². The number of nitrogens with zero attached hydrogens (tertiary/aromatic N) is 2. The van der Waals surface area contributed by atoms with Gasteiger partial charge in [0.2, 0.25) is 5.91 Å². The minimum atomic E-state index is -0.467. The summed E-state index contributed by atoms with van der Waals surface area (Å²) < 4.78 is 20.6. The Kier molecular flexibility index (Phi) is 6.32. The van der Waals surface area contributed by atoms with Crippen molar-refractivity contribution in [3.05, 3.63) is 72.4 Å². The Bertz CT molecular complexity index is 1000. The molecule has 0 atom stereocenters. The average molecular weight is 405 g/mol. The quantitative estimate of drug-likeness (QED) is 0.598. The Labute approximate surface area is 175 Å². The molecule has 0 spiro atoms. The molecule has 154 valence electrons. The average Bonchev–Trinajstić information content (AvgIpc) is 2.80. The van der Waals surface area contributed by atoms with Crippen LogP contribution in [0.4, 0.5) is 10.2 Å². The van der Waals surface area contributed by atoms with E-state index in [0.29, 0.717) is 29.3 Å². The summed E-state index contributed by atoms with van der Waals surface area (Å²) >= 11 is 0. The lowest BCUT2D eigenvalue weighted by molar-refractivity contribution is -0.120. The SMILES string of the molecule is O=C(Nc1cc(-c2ccccc2OCc2ccncc2)c(F)cn1)C1CCCCC1. The van der Waals surface area contributed by atoms with Gasteiger partial charge in [-0.25, -0.2) is 9.37 Å². The van der Waals surface area contributed by atoms with Crippen molar-refractivity contribution in [3.63, 3.8) is 0 Å². The van der Waals surface area contributed by atoms with Crippen LogP contribution < -0.4 is 10.1 Å². The van der Waals surface area contributed by atoms with Crippen molar-refractivity contribution in [3.8, 4) is 16.9 Å². The highest BCUT2D eigenvalue weighted by molar-refractivity contribution is 5.92. The van der Waals surface area contributed by atoms with Crippen molar-refractivity contribution >= 4 is 11.7 Å².